The normalized spacial score (nSPS) is 25.3. The third-order valence-electron chi connectivity index (χ3n) is 6.30. The van der Waals surface area contributed by atoms with Crippen molar-refractivity contribution in [2.45, 2.75) is 38.1 Å². The number of ether oxygens (including phenoxy) is 1. The van der Waals surface area contributed by atoms with Crippen molar-refractivity contribution in [1.29, 1.82) is 5.41 Å². The number of amidine groups is 1. The molecule has 0 saturated carbocycles. The zero-order valence-electron chi connectivity index (χ0n) is 16.8. The van der Waals surface area contributed by atoms with Gasteiger partial charge in [-0.15, -0.1) is 12.4 Å². The van der Waals surface area contributed by atoms with Crippen molar-refractivity contribution in [3.8, 4) is 0 Å². The van der Waals surface area contributed by atoms with Crippen LogP contribution < -0.4 is 17.2 Å². The van der Waals surface area contributed by atoms with Gasteiger partial charge in [-0.2, -0.15) is 0 Å². The molecule has 1 unspecified atom stereocenters. The molecule has 2 aliphatic rings. The fourth-order valence-corrected chi connectivity index (χ4v) is 4.66. The number of rotatable bonds is 6. The van der Waals surface area contributed by atoms with Gasteiger partial charge in [-0.05, 0) is 48.8 Å². The van der Waals surface area contributed by atoms with Crippen LogP contribution in [0.5, 0.6) is 0 Å². The summed E-state index contributed by atoms with van der Waals surface area (Å²) >= 11 is 0. The number of halogens is 1. The second kappa shape index (κ2) is 9.01. The van der Waals surface area contributed by atoms with Crippen molar-refractivity contribution < 1.29 is 19.1 Å². The lowest BCUT2D eigenvalue weighted by Crippen LogP contribution is -2.48. The van der Waals surface area contributed by atoms with Gasteiger partial charge in [-0.3, -0.25) is 19.8 Å². The highest BCUT2D eigenvalue weighted by Crippen LogP contribution is 2.44. The minimum absolute atomic E-state index is 0. The Hall–Kier alpha value is -2.65. The summed E-state index contributed by atoms with van der Waals surface area (Å²) in [6.45, 7) is -0.0493. The zero-order chi connectivity index (χ0) is 21.3. The number of fused-ring (bicyclic) bond motifs is 1. The van der Waals surface area contributed by atoms with Crippen LogP contribution in [0.3, 0.4) is 0 Å². The lowest BCUT2D eigenvalue weighted by molar-refractivity contribution is -0.153. The monoisotopic (exact) mass is 437 g/mol. The Kier molecular flexibility index (Phi) is 7.10. The first-order valence-corrected chi connectivity index (χ1v) is 9.57. The molecule has 0 spiro atoms. The van der Waals surface area contributed by atoms with Crippen LogP contribution in [-0.2, 0) is 32.0 Å². The van der Waals surface area contributed by atoms with Gasteiger partial charge in [0.1, 0.15) is 11.3 Å². The molecular weight excluding hydrogens is 410 g/mol. The van der Waals surface area contributed by atoms with E-state index in [1.54, 1.807) is 0 Å². The molecule has 3 atom stereocenters. The maximum atomic E-state index is 13.1. The number of aryl methyl sites for hydroxylation is 1. The topological polar surface area (TPSA) is 166 Å². The molecule has 1 saturated heterocycles. The molecule has 1 aromatic rings. The molecule has 0 bridgehead atoms. The summed E-state index contributed by atoms with van der Waals surface area (Å²) < 4.78 is 4.69. The molecule has 3 rings (SSSR count). The molecule has 9 nitrogen and oxygen atoms in total. The number of esters is 1. The largest absolute Gasteiger partial charge is 0.469 e. The molecule has 1 fully saturated rings. The highest BCUT2D eigenvalue weighted by atomic mass is 35.5. The third kappa shape index (κ3) is 3.99. The molecule has 30 heavy (non-hydrogen) atoms. The van der Waals surface area contributed by atoms with E-state index in [4.69, 9.17) is 22.6 Å². The standard InChI is InChI=1S/C20H27N5O4.ClH/c1-29-16(26)9-20(18(24)27)8-15(25(10-21)19(20)28)13-4-2-12-7-14(17(22)23)5-3-11(12)6-13;/h3,5,7,13,15H,2,4,6,8-10,21H2,1H3,(H3,22,23)(H2,24,27);1H/t13?,15-,20-;/m0./s1. The molecule has 7 N–H and O–H groups in total. The summed E-state index contributed by atoms with van der Waals surface area (Å²) in [5, 5.41) is 7.60. The van der Waals surface area contributed by atoms with Crippen molar-refractivity contribution in [1.82, 2.24) is 4.90 Å². The minimum Gasteiger partial charge on any atom is -0.469 e. The Balaban J connectivity index is 0.00000320. The second-order valence-electron chi connectivity index (χ2n) is 7.83. The van der Waals surface area contributed by atoms with Crippen LogP contribution >= 0.6 is 12.4 Å². The quantitative estimate of drug-likeness (QED) is 0.212. The van der Waals surface area contributed by atoms with E-state index in [-0.39, 0.29) is 49.7 Å². The van der Waals surface area contributed by atoms with E-state index in [9.17, 15) is 14.4 Å². The molecule has 164 valence electrons. The fourth-order valence-electron chi connectivity index (χ4n) is 4.66. The van der Waals surface area contributed by atoms with Crippen molar-refractivity contribution in [3.63, 3.8) is 0 Å². The van der Waals surface area contributed by atoms with Crippen molar-refractivity contribution in [2.75, 3.05) is 13.8 Å². The molecule has 2 amide bonds. The van der Waals surface area contributed by atoms with Gasteiger partial charge >= 0.3 is 5.97 Å². The van der Waals surface area contributed by atoms with Crippen LogP contribution in [0.1, 0.15) is 36.0 Å². The van der Waals surface area contributed by atoms with Crippen LogP contribution in [0, 0.1) is 16.7 Å². The van der Waals surface area contributed by atoms with Gasteiger partial charge in [-0.1, -0.05) is 12.1 Å². The van der Waals surface area contributed by atoms with Gasteiger partial charge in [0.15, 0.2) is 0 Å². The number of carbonyl (C=O) groups excluding carboxylic acids is 3. The number of carbonyl (C=O) groups is 3. The van der Waals surface area contributed by atoms with Crippen LogP contribution in [0.25, 0.3) is 0 Å². The number of nitrogens with two attached hydrogens (primary N) is 3. The Bertz CT molecular complexity index is 877. The number of nitrogen functional groups attached to an aromatic ring is 1. The summed E-state index contributed by atoms with van der Waals surface area (Å²) in [4.78, 5) is 38.7. The predicted octanol–water partition coefficient (Wildman–Crippen LogP) is 0.0493. The van der Waals surface area contributed by atoms with E-state index in [0.717, 1.165) is 24.0 Å². The first-order valence-electron chi connectivity index (χ1n) is 9.57. The second-order valence-corrected chi connectivity index (χ2v) is 7.83. The maximum Gasteiger partial charge on any atom is 0.307 e. The summed E-state index contributed by atoms with van der Waals surface area (Å²) in [6, 6.07) is 5.41. The number of amides is 2. The first kappa shape index (κ1) is 23.6. The Morgan fingerprint density at radius 1 is 1.30 bits per heavy atom. The van der Waals surface area contributed by atoms with E-state index < -0.39 is 23.2 Å². The van der Waals surface area contributed by atoms with Gasteiger partial charge in [-0.25, -0.2) is 0 Å². The maximum absolute atomic E-state index is 13.1. The van der Waals surface area contributed by atoms with Crippen LogP contribution in [0.15, 0.2) is 18.2 Å². The van der Waals surface area contributed by atoms with Crippen LogP contribution in [0.4, 0.5) is 0 Å². The molecule has 1 aromatic carbocycles. The van der Waals surface area contributed by atoms with E-state index in [2.05, 4.69) is 4.74 Å². The SMILES string of the molecule is COC(=O)C[C@]1(C(N)=O)C[C@@H](C2CCc3cc(C(=N)N)ccc3C2)N(CN)C1=O.Cl. The molecule has 1 heterocycles. The van der Waals surface area contributed by atoms with Gasteiger partial charge in [0.2, 0.25) is 11.8 Å². The van der Waals surface area contributed by atoms with Crippen molar-refractivity contribution >= 4 is 36.0 Å². The first-order chi connectivity index (χ1) is 13.7. The minimum atomic E-state index is -1.62. The summed E-state index contributed by atoms with van der Waals surface area (Å²) in [5.74, 6) is -1.87. The van der Waals surface area contributed by atoms with E-state index in [0.29, 0.717) is 12.0 Å². The fraction of sp³-hybridized carbons (Fsp3) is 0.500. The van der Waals surface area contributed by atoms with Gasteiger partial charge in [0.05, 0.1) is 20.2 Å². The van der Waals surface area contributed by atoms with Gasteiger partial charge in [0, 0.05) is 11.6 Å². The summed E-state index contributed by atoms with van der Waals surface area (Å²) in [6.07, 6.45) is 2.03. The van der Waals surface area contributed by atoms with Crippen molar-refractivity contribution in [2.24, 2.45) is 28.5 Å². The smallest absolute Gasteiger partial charge is 0.307 e. The van der Waals surface area contributed by atoms with E-state index >= 15 is 0 Å². The summed E-state index contributed by atoms with van der Waals surface area (Å²) in [7, 11) is 1.21. The van der Waals surface area contributed by atoms with Gasteiger partial charge in [0.25, 0.3) is 0 Å². The molecular formula is C20H28ClN5O4. The molecule has 0 aromatic heterocycles. The average Bonchev–Trinajstić information content (AvgIpc) is 2.99. The zero-order valence-corrected chi connectivity index (χ0v) is 17.7. The Labute approximate surface area is 181 Å². The number of nitrogens with one attached hydrogen (secondary N) is 1. The average molecular weight is 438 g/mol. The molecule has 1 aliphatic heterocycles. The van der Waals surface area contributed by atoms with Crippen LogP contribution in [0.2, 0.25) is 0 Å². The Morgan fingerprint density at radius 3 is 2.57 bits per heavy atom. The highest BCUT2D eigenvalue weighted by Gasteiger charge is 2.58. The molecule has 1 aliphatic carbocycles. The number of methoxy groups -OCH3 is 1. The number of benzene rings is 1. The van der Waals surface area contributed by atoms with Crippen molar-refractivity contribution in [3.05, 3.63) is 34.9 Å². The highest BCUT2D eigenvalue weighted by molar-refractivity contribution is 6.08. The predicted molar refractivity (Wildman–Crippen MR) is 113 cm³/mol. The third-order valence-corrected chi connectivity index (χ3v) is 6.30. The molecule has 0 radical (unpaired) electrons. The number of nitrogens with zero attached hydrogens (tertiary/aromatic N) is 1. The van der Waals surface area contributed by atoms with E-state index in [1.807, 2.05) is 18.2 Å². The number of likely N-dealkylation sites (tertiary alicyclic amines) is 1. The lowest BCUT2D eigenvalue weighted by Gasteiger charge is -2.34. The number of hydrogen-bond acceptors (Lipinski definition) is 6. The van der Waals surface area contributed by atoms with Gasteiger partial charge < -0.3 is 26.8 Å². The van der Waals surface area contributed by atoms with Crippen LogP contribution in [-0.4, -0.2) is 48.3 Å². The van der Waals surface area contributed by atoms with E-state index in [1.165, 1.54) is 12.0 Å². The lowest BCUT2D eigenvalue weighted by atomic mass is 9.74. The summed E-state index contributed by atoms with van der Waals surface area (Å²) in [5.41, 5.74) is 18.4. The number of primary amides is 1. The Morgan fingerprint density at radius 2 is 2.00 bits per heavy atom. The number of hydrogen-bond donors (Lipinski definition) is 4. The molecule has 10 heteroatoms.